The summed E-state index contributed by atoms with van der Waals surface area (Å²) in [5.74, 6) is 0.769. The molecule has 55 heavy (non-hydrogen) atoms. The van der Waals surface area contributed by atoms with E-state index >= 15 is 0 Å². The molecule has 8 aromatic rings. The maximum atomic E-state index is 5.41. The Morgan fingerprint density at radius 1 is 0.436 bits per heavy atom. The van der Waals surface area contributed by atoms with Gasteiger partial charge in [0, 0.05) is 34.4 Å². The van der Waals surface area contributed by atoms with Crippen LogP contribution in [0.3, 0.4) is 0 Å². The summed E-state index contributed by atoms with van der Waals surface area (Å²) in [7, 11) is 0. The predicted molar refractivity (Wildman–Crippen MR) is 228 cm³/mol. The summed E-state index contributed by atoms with van der Waals surface area (Å²) < 4.78 is 0. The third-order valence-corrected chi connectivity index (χ3v) is 10.6. The lowest BCUT2D eigenvalue weighted by molar-refractivity contribution is 0.638. The van der Waals surface area contributed by atoms with Crippen LogP contribution in [0.1, 0.15) is 29.7 Å². The molecule has 262 valence electrons. The number of hydrogen-bond donors (Lipinski definition) is 0. The summed E-state index contributed by atoms with van der Waals surface area (Å²) in [6.07, 6.45) is 6.64. The zero-order chi connectivity index (χ0) is 37.0. The smallest absolute Gasteiger partial charge is 0.160 e. The molecule has 0 saturated heterocycles. The van der Waals surface area contributed by atoms with E-state index in [1.807, 2.05) is 18.3 Å². The van der Waals surface area contributed by atoms with E-state index in [9.17, 15) is 0 Å². The molecule has 0 N–H and O–H groups in total. The fourth-order valence-electron chi connectivity index (χ4n) is 7.64. The molecule has 0 aliphatic heterocycles. The first-order valence-corrected chi connectivity index (χ1v) is 18.9. The second-order valence-corrected chi connectivity index (χ2v) is 14.1. The van der Waals surface area contributed by atoms with Crippen LogP contribution in [-0.4, -0.2) is 15.0 Å². The average Bonchev–Trinajstić information content (AvgIpc) is 3.27. The normalized spacial score (nSPS) is 15.2. The summed E-state index contributed by atoms with van der Waals surface area (Å²) in [5.41, 5.74) is 15.4. The van der Waals surface area contributed by atoms with Crippen molar-refractivity contribution in [1.29, 1.82) is 0 Å². The van der Waals surface area contributed by atoms with Gasteiger partial charge < -0.3 is 0 Å². The minimum Gasteiger partial charge on any atom is -0.256 e. The van der Waals surface area contributed by atoms with Gasteiger partial charge in [0.05, 0.1) is 17.1 Å². The van der Waals surface area contributed by atoms with Crippen LogP contribution in [0.2, 0.25) is 0 Å². The molecular formula is C52H39N3. The van der Waals surface area contributed by atoms with E-state index in [0.29, 0.717) is 5.82 Å². The van der Waals surface area contributed by atoms with Gasteiger partial charge in [0.25, 0.3) is 0 Å². The summed E-state index contributed by atoms with van der Waals surface area (Å²) >= 11 is 0. The van der Waals surface area contributed by atoms with Gasteiger partial charge in [-0.05, 0) is 57.0 Å². The van der Waals surface area contributed by atoms with Gasteiger partial charge in [-0.3, -0.25) is 4.98 Å². The fraction of sp³-hybridized carbons (Fsp3) is 0.0577. The van der Waals surface area contributed by atoms with E-state index < -0.39 is 0 Å². The predicted octanol–water partition coefficient (Wildman–Crippen LogP) is 13.1. The monoisotopic (exact) mass is 705 g/mol. The number of nitrogens with zero attached hydrogens (tertiary/aromatic N) is 3. The van der Waals surface area contributed by atoms with Gasteiger partial charge in [0.2, 0.25) is 0 Å². The van der Waals surface area contributed by atoms with Crippen molar-refractivity contribution in [1.82, 2.24) is 15.0 Å². The van der Waals surface area contributed by atoms with Gasteiger partial charge in [-0.25, -0.2) is 9.97 Å². The average molecular weight is 706 g/mol. The zero-order valence-corrected chi connectivity index (χ0v) is 30.6. The van der Waals surface area contributed by atoms with Gasteiger partial charge in [-0.15, -0.1) is 0 Å². The van der Waals surface area contributed by atoms with Crippen molar-refractivity contribution in [3.05, 3.63) is 223 Å². The summed E-state index contributed by atoms with van der Waals surface area (Å²) in [4.78, 5) is 15.6. The lowest BCUT2D eigenvalue weighted by Gasteiger charge is -2.30. The van der Waals surface area contributed by atoms with Crippen LogP contribution in [0.25, 0.3) is 67.3 Å². The van der Waals surface area contributed by atoms with Crippen molar-refractivity contribution in [2.75, 3.05) is 0 Å². The Labute approximate surface area is 323 Å². The number of benzene rings is 6. The topological polar surface area (TPSA) is 38.7 Å². The third kappa shape index (κ3) is 7.08. The highest BCUT2D eigenvalue weighted by Crippen LogP contribution is 2.45. The molecule has 0 radical (unpaired) electrons. The van der Waals surface area contributed by atoms with E-state index in [-0.39, 0.29) is 11.8 Å². The Kier molecular flexibility index (Phi) is 9.34. The van der Waals surface area contributed by atoms with E-state index in [2.05, 4.69) is 195 Å². The van der Waals surface area contributed by atoms with Crippen LogP contribution >= 0.6 is 0 Å². The summed E-state index contributed by atoms with van der Waals surface area (Å²) in [6.45, 7) is 2.32. The molecule has 0 amide bonds. The highest BCUT2D eigenvalue weighted by atomic mass is 14.9. The van der Waals surface area contributed by atoms with Crippen molar-refractivity contribution in [2.45, 2.75) is 12.8 Å². The maximum absolute atomic E-state index is 5.41. The summed E-state index contributed by atoms with van der Waals surface area (Å²) in [6, 6.07) is 65.9. The Hall–Kier alpha value is -6.97. The summed E-state index contributed by atoms with van der Waals surface area (Å²) in [5, 5.41) is 0. The Bertz CT molecular complexity index is 2510. The standard InChI is InChI=1S/C52H39N3/c1-36-47(46-23-14-32-53-51(46)43-21-12-5-13-22-43)33-45(39-19-10-4-11-20-39)34-48(36)50-35-49(42-28-24-40(25-29-42)37-15-6-2-7-16-37)54-52(55-50)44-30-26-41(27-31-44)38-17-8-3-9-18-38/h2-36,48H,1H3. The highest BCUT2D eigenvalue weighted by Gasteiger charge is 2.30. The van der Waals surface area contributed by atoms with Crippen molar-refractivity contribution in [3.63, 3.8) is 0 Å². The van der Waals surface area contributed by atoms with E-state index in [4.69, 9.17) is 15.0 Å². The first-order chi connectivity index (χ1) is 27.2. The number of rotatable bonds is 8. The second kappa shape index (κ2) is 15.2. The van der Waals surface area contributed by atoms with Crippen molar-refractivity contribution >= 4 is 11.1 Å². The van der Waals surface area contributed by atoms with Crippen LogP contribution in [-0.2, 0) is 0 Å². The molecule has 2 heterocycles. The SMILES string of the molecule is CC1C(c2cccnc2-c2ccccc2)=CC(c2ccccc2)=CC1c1cc(-c2ccc(-c3ccccc3)cc2)nc(-c2ccc(-c3ccccc3)cc2)n1. The molecule has 3 nitrogen and oxygen atoms in total. The van der Waals surface area contributed by atoms with Crippen LogP contribution < -0.4 is 0 Å². The third-order valence-electron chi connectivity index (χ3n) is 10.6. The van der Waals surface area contributed by atoms with Crippen LogP contribution in [0, 0.1) is 5.92 Å². The van der Waals surface area contributed by atoms with Gasteiger partial charge in [-0.1, -0.05) is 195 Å². The molecule has 2 aromatic heterocycles. The quantitative estimate of drug-likeness (QED) is 0.158. The van der Waals surface area contributed by atoms with Gasteiger partial charge in [0.15, 0.2) is 5.82 Å². The van der Waals surface area contributed by atoms with Crippen molar-refractivity contribution in [2.24, 2.45) is 5.92 Å². The molecule has 0 saturated carbocycles. The number of aromatic nitrogens is 3. The van der Waals surface area contributed by atoms with Crippen LogP contribution in [0.15, 0.2) is 206 Å². The molecule has 0 fully saturated rings. The molecule has 9 rings (SSSR count). The lowest BCUT2D eigenvalue weighted by atomic mass is 9.75. The molecule has 2 unspecified atom stereocenters. The van der Waals surface area contributed by atoms with E-state index in [1.54, 1.807) is 0 Å². The minimum atomic E-state index is -0.0354. The largest absolute Gasteiger partial charge is 0.256 e. The van der Waals surface area contributed by atoms with Crippen LogP contribution in [0.4, 0.5) is 0 Å². The molecule has 0 bridgehead atoms. The van der Waals surface area contributed by atoms with Gasteiger partial charge in [0.1, 0.15) is 0 Å². The van der Waals surface area contributed by atoms with E-state index in [1.165, 1.54) is 33.4 Å². The Morgan fingerprint density at radius 3 is 1.51 bits per heavy atom. The Balaban J connectivity index is 1.19. The molecule has 1 aliphatic carbocycles. The molecule has 2 atom stereocenters. The molecule has 3 heteroatoms. The van der Waals surface area contributed by atoms with Crippen molar-refractivity contribution in [3.8, 4) is 56.2 Å². The zero-order valence-electron chi connectivity index (χ0n) is 30.6. The van der Waals surface area contributed by atoms with Gasteiger partial charge >= 0.3 is 0 Å². The molecule has 1 aliphatic rings. The maximum Gasteiger partial charge on any atom is 0.160 e. The number of hydrogen-bond acceptors (Lipinski definition) is 3. The Morgan fingerprint density at radius 2 is 0.927 bits per heavy atom. The lowest BCUT2D eigenvalue weighted by Crippen LogP contribution is -2.17. The van der Waals surface area contributed by atoms with Crippen molar-refractivity contribution < 1.29 is 0 Å². The molecular weight excluding hydrogens is 667 g/mol. The second-order valence-electron chi connectivity index (χ2n) is 14.1. The first kappa shape index (κ1) is 33.8. The van der Waals surface area contributed by atoms with E-state index in [0.717, 1.165) is 44.9 Å². The minimum absolute atomic E-state index is 0.0354. The fourth-order valence-corrected chi connectivity index (χ4v) is 7.64. The molecule has 0 spiro atoms. The number of pyridine rings is 1. The first-order valence-electron chi connectivity index (χ1n) is 18.9. The number of allylic oxidation sites excluding steroid dienone is 4. The van der Waals surface area contributed by atoms with Crippen LogP contribution in [0.5, 0.6) is 0 Å². The molecule has 6 aromatic carbocycles. The highest BCUT2D eigenvalue weighted by molar-refractivity contribution is 5.91. The van der Waals surface area contributed by atoms with Gasteiger partial charge in [-0.2, -0.15) is 0 Å².